The van der Waals surface area contributed by atoms with Crippen LogP contribution in [0.5, 0.6) is 0 Å². The molecule has 3 rings (SSSR count). The number of nitrogens with one attached hydrogen (secondary N) is 1. The summed E-state index contributed by atoms with van der Waals surface area (Å²) in [6, 6.07) is 19.9. The minimum Gasteiger partial charge on any atom is -0.356 e. The van der Waals surface area contributed by atoms with E-state index in [1.165, 1.54) is 5.56 Å². The zero-order valence-corrected chi connectivity index (χ0v) is 14.4. The topological polar surface area (TPSA) is 49.4 Å². The van der Waals surface area contributed by atoms with Crippen LogP contribution in [-0.4, -0.2) is 24.9 Å². The van der Waals surface area contributed by atoms with Gasteiger partial charge >= 0.3 is 0 Å². The zero-order chi connectivity index (χ0) is 17.5. The first-order valence-electron chi connectivity index (χ1n) is 8.88. The number of benzene rings is 2. The molecule has 0 saturated carbocycles. The quantitative estimate of drug-likeness (QED) is 0.844. The SMILES string of the molecule is O=C(CCCc1ccccc1)NC[C@@H]1CC(=O)N(c2ccccc2)C1. The largest absolute Gasteiger partial charge is 0.356 e. The molecule has 2 amide bonds. The van der Waals surface area contributed by atoms with Gasteiger partial charge in [0.05, 0.1) is 0 Å². The van der Waals surface area contributed by atoms with Gasteiger partial charge in [-0.3, -0.25) is 9.59 Å². The Balaban J connectivity index is 1.39. The molecule has 0 bridgehead atoms. The van der Waals surface area contributed by atoms with Crippen LogP contribution in [0.2, 0.25) is 0 Å². The Hall–Kier alpha value is -2.62. The summed E-state index contributed by atoms with van der Waals surface area (Å²) in [6.45, 7) is 1.24. The van der Waals surface area contributed by atoms with E-state index in [0.29, 0.717) is 25.9 Å². The second kappa shape index (κ2) is 8.47. The molecule has 25 heavy (non-hydrogen) atoms. The molecule has 1 fully saturated rings. The summed E-state index contributed by atoms with van der Waals surface area (Å²) in [5, 5.41) is 2.99. The second-order valence-corrected chi connectivity index (χ2v) is 6.55. The maximum Gasteiger partial charge on any atom is 0.227 e. The maximum atomic E-state index is 12.2. The van der Waals surface area contributed by atoms with Crippen molar-refractivity contribution >= 4 is 17.5 Å². The number of amides is 2. The van der Waals surface area contributed by atoms with Crippen LogP contribution >= 0.6 is 0 Å². The summed E-state index contributed by atoms with van der Waals surface area (Å²) in [7, 11) is 0. The number of carbonyl (C=O) groups excluding carboxylic acids is 2. The molecule has 1 aliphatic rings. The van der Waals surface area contributed by atoms with Gasteiger partial charge in [0.25, 0.3) is 0 Å². The van der Waals surface area contributed by atoms with E-state index < -0.39 is 0 Å². The molecule has 130 valence electrons. The van der Waals surface area contributed by atoms with Gasteiger partial charge in [-0.2, -0.15) is 0 Å². The predicted octanol–water partition coefficient (Wildman–Crippen LogP) is 3.18. The Morgan fingerprint density at radius 1 is 1.04 bits per heavy atom. The molecule has 4 heteroatoms. The minimum atomic E-state index is 0.0709. The van der Waals surface area contributed by atoms with Crippen LogP contribution < -0.4 is 10.2 Å². The van der Waals surface area contributed by atoms with E-state index in [0.717, 1.165) is 18.5 Å². The Morgan fingerprint density at radius 3 is 2.44 bits per heavy atom. The molecule has 0 radical (unpaired) electrons. The van der Waals surface area contributed by atoms with E-state index in [4.69, 9.17) is 0 Å². The van der Waals surface area contributed by atoms with Crippen LogP contribution in [0.15, 0.2) is 60.7 Å². The van der Waals surface area contributed by atoms with Crippen LogP contribution in [-0.2, 0) is 16.0 Å². The lowest BCUT2D eigenvalue weighted by molar-refractivity contribution is -0.121. The lowest BCUT2D eigenvalue weighted by atomic mass is 10.1. The highest BCUT2D eigenvalue weighted by atomic mass is 16.2. The van der Waals surface area contributed by atoms with E-state index in [1.807, 2.05) is 53.4 Å². The number of nitrogens with zero attached hydrogens (tertiary/aromatic N) is 1. The fraction of sp³-hybridized carbons (Fsp3) is 0.333. The van der Waals surface area contributed by atoms with Gasteiger partial charge in [-0.05, 0) is 30.5 Å². The Kier molecular flexibility index (Phi) is 5.83. The number of rotatable bonds is 7. The van der Waals surface area contributed by atoms with Crippen LogP contribution in [0.25, 0.3) is 0 Å². The molecular formula is C21H24N2O2. The molecule has 0 aliphatic carbocycles. The molecule has 2 aromatic carbocycles. The number of aryl methyl sites for hydroxylation is 1. The average molecular weight is 336 g/mol. The molecule has 0 spiro atoms. The van der Waals surface area contributed by atoms with Gasteiger partial charge in [-0.1, -0.05) is 48.5 Å². The van der Waals surface area contributed by atoms with Gasteiger partial charge in [0.1, 0.15) is 0 Å². The van der Waals surface area contributed by atoms with Crippen LogP contribution in [0.3, 0.4) is 0 Å². The number of para-hydroxylation sites is 1. The molecule has 1 heterocycles. The first kappa shape index (κ1) is 17.2. The Bertz CT molecular complexity index is 700. The van der Waals surface area contributed by atoms with Crippen LogP contribution in [0.4, 0.5) is 5.69 Å². The third kappa shape index (κ3) is 4.92. The summed E-state index contributed by atoms with van der Waals surface area (Å²) in [5.74, 6) is 0.391. The number of hydrogen-bond donors (Lipinski definition) is 1. The van der Waals surface area contributed by atoms with E-state index in [-0.39, 0.29) is 17.7 Å². The smallest absolute Gasteiger partial charge is 0.227 e. The predicted molar refractivity (Wildman–Crippen MR) is 99.3 cm³/mol. The number of carbonyl (C=O) groups is 2. The van der Waals surface area contributed by atoms with Crippen molar-refractivity contribution in [2.24, 2.45) is 5.92 Å². The molecule has 0 unspecified atom stereocenters. The number of anilines is 1. The summed E-state index contributed by atoms with van der Waals surface area (Å²) < 4.78 is 0. The van der Waals surface area contributed by atoms with Gasteiger partial charge < -0.3 is 10.2 Å². The lowest BCUT2D eigenvalue weighted by Crippen LogP contribution is -2.31. The zero-order valence-electron chi connectivity index (χ0n) is 14.4. The fourth-order valence-electron chi connectivity index (χ4n) is 3.22. The van der Waals surface area contributed by atoms with Crippen LogP contribution in [0, 0.1) is 5.92 Å². The first-order chi connectivity index (χ1) is 12.2. The molecular weight excluding hydrogens is 312 g/mol. The summed E-state index contributed by atoms with van der Waals surface area (Å²) >= 11 is 0. The molecule has 1 saturated heterocycles. The van der Waals surface area contributed by atoms with Gasteiger partial charge in [0.2, 0.25) is 11.8 Å². The highest BCUT2D eigenvalue weighted by molar-refractivity contribution is 5.95. The van der Waals surface area contributed by atoms with Crippen LogP contribution in [0.1, 0.15) is 24.8 Å². The van der Waals surface area contributed by atoms with E-state index in [1.54, 1.807) is 0 Å². The third-order valence-corrected chi connectivity index (χ3v) is 4.57. The van der Waals surface area contributed by atoms with E-state index in [9.17, 15) is 9.59 Å². The molecule has 0 aromatic heterocycles. The molecule has 1 N–H and O–H groups in total. The van der Waals surface area contributed by atoms with Gasteiger partial charge in [0, 0.05) is 37.5 Å². The van der Waals surface area contributed by atoms with Crippen molar-refractivity contribution in [2.45, 2.75) is 25.7 Å². The van der Waals surface area contributed by atoms with E-state index in [2.05, 4.69) is 17.4 Å². The summed E-state index contributed by atoms with van der Waals surface area (Å²) in [4.78, 5) is 26.0. The maximum absolute atomic E-state index is 12.2. The van der Waals surface area contributed by atoms with Crippen molar-refractivity contribution in [1.82, 2.24) is 5.32 Å². The molecule has 1 atom stereocenters. The average Bonchev–Trinajstić information content (AvgIpc) is 3.02. The van der Waals surface area contributed by atoms with Crippen molar-refractivity contribution in [3.8, 4) is 0 Å². The first-order valence-corrected chi connectivity index (χ1v) is 8.88. The Morgan fingerprint density at radius 2 is 1.72 bits per heavy atom. The van der Waals surface area contributed by atoms with Crippen molar-refractivity contribution in [3.63, 3.8) is 0 Å². The standard InChI is InChI=1S/C21H24N2O2/c24-20(13-7-10-17-8-3-1-4-9-17)22-15-18-14-21(25)23(16-18)19-11-5-2-6-12-19/h1-6,8-9,11-12,18H,7,10,13-16H2,(H,22,24)/t18-/m0/s1. The fourth-order valence-corrected chi connectivity index (χ4v) is 3.22. The highest BCUT2D eigenvalue weighted by Crippen LogP contribution is 2.24. The van der Waals surface area contributed by atoms with Crippen molar-refractivity contribution < 1.29 is 9.59 Å². The van der Waals surface area contributed by atoms with Crippen molar-refractivity contribution in [1.29, 1.82) is 0 Å². The lowest BCUT2D eigenvalue weighted by Gasteiger charge is -2.16. The van der Waals surface area contributed by atoms with Gasteiger partial charge in [0.15, 0.2) is 0 Å². The molecule has 4 nitrogen and oxygen atoms in total. The normalized spacial score (nSPS) is 16.9. The molecule has 2 aromatic rings. The second-order valence-electron chi connectivity index (χ2n) is 6.55. The minimum absolute atomic E-state index is 0.0709. The summed E-state index contributed by atoms with van der Waals surface area (Å²) in [6.07, 6.45) is 2.78. The monoisotopic (exact) mass is 336 g/mol. The molecule has 1 aliphatic heterocycles. The van der Waals surface area contributed by atoms with Gasteiger partial charge in [-0.15, -0.1) is 0 Å². The van der Waals surface area contributed by atoms with Gasteiger partial charge in [-0.25, -0.2) is 0 Å². The highest BCUT2D eigenvalue weighted by Gasteiger charge is 2.30. The summed E-state index contributed by atoms with van der Waals surface area (Å²) in [5.41, 5.74) is 2.19. The van der Waals surface area contributed by atoms with Crippen molar-refractivity contribution in [3.05, 3.63) is 66.2 Å². The van der Waals surface area contributed by atoms with Crippen molar-refractivity contribution in [2.75, 3.05) is 18.0 Å². The number of hydrogen-bond acceptors (Lipinski definition) is 2. The Labute approximate surface area is 148 Å². The van der Waals surface area contributed by atoms with E-state index >= 15 is 0 Å². The third-order valence-electron chi connectivity index (χ3n) is 4.57.